The van der Waals surface area contributed by atoms with Crippen LogP contribution >= 0.6 is 0 Å². The Bertz CT molecular complexity index is 261. The highest BCUT2D eigenvalue weighted by molar-refractivity contribution is 5.22. The third-order valence-electron chi connectivity index (χ3n) is 5.11. The Hall–Kier alpha value is -0.0800. The second-order valence-corrected chi connectivity index (χ2v) is 5.85. The summed E-state index contributed by atoms with van der Waals surface area (Å²) >= 11 is 0. The van der Waals surface area contributed by atoms with Crippen LogP contribution in [0.15, 0.2) is 0 Å². The van der Waals surface area contributed by atoms with E-state index in [0.29, 0.717) is 11.5 Å². The molecular formula is C12H20O2. The van der Waals surface area contributed by atoms with E-state index in [1.807, 2.05) is 0 Å². The number of rotatable bonds is 3. The van der Waals surface area contributed by atoms with Gasteiger partial charge in [-0.1, -0.05) is 13.8 Å². The topological polar surface area (TPSA) is 21.8 Å². The van der Waals surface area contributed by atoms with Gasteiger partial charge in [0.05, 0.1) is 6.10 Å². The first-order valence-electron chi connectivity index (χ1n) is 5.78. The van der Waals surface area contributed by atoms with Gasteiger partial charge in [0, 0.05) is 20.1 Å². The van der Waals surface area contributed by atoms with Gasteiger partial charge in [-0.15, -0.1) is 0 Å². The predicted molar refractivity (Wildman–Crippen MR) is 54.1 cm³/mol. The zero-order valence-corrected chi connectivity index (χ0v) is 9.38. The predicted octanol–water partition coefficient (Wildman–Crippen LogP) is 2.23. The summed E-state index contributed by atoms with van der Waals surface area (Å²) in [5.41, 5.74) is 0.759. The number of ether oxygens (including phenoxy) is 2. The van der Waals surface area contributed by atoms with Crippen molar-refractivity contribution in [2.45, 2.75) is 44.8 Å². The van der Waals surface area contributed by atoms with Crippen LogP contribution in [0.5, 0.6) is 0 Å². The Morgan fingerprint density at radius 1 is 1.36 bits per heavy atom. The molecule has 4 atom stereocenters. The maximum atomic E-state index is 5.98. The lowest BCUT2D eigenvalue weighted by atomic mass is 9.45. The van der Waals surface area contributed by atoms with Gasteiger partial charge in [-0.2, -0.15) is 0 Å². The lowest BCUT2D eigenvalue weighted by Gasteiger charge is -2.58. The summed E-state index contributed by atoms with van der Waals surface area (Å²) in [6, 6.07) is 0. The van der Waals surface area contributed by atoms with Crippen LogP contribution in [-0.4, -0.2) is 25.4 Å². The van der Waals surface area contributed by atoms with Crippen molar-refractivity contribution in [2.24, 2.45) is 17.3 Å². The molecule has 2 bridgehead atoms. The van der Waals surface area contributed by atoms with Crippen molar-refractivity contribution in [3.05, 3.63) is 0 Å². The SMILES string of the molecule is COCCC12OC1CC1CC2C1(C)C. The Kier molecular flexibility index (Phi) is 1.66. The molecule has 0 aromatic heterocycles. The quantitative estimate of drug-likeness (QED) is 0.646. The van der Waals surface area contributed by atoms with E-state index in [1.165, 1.54) is 12.8 Å². The molecule has 14 heavy (non-hydrogen) atoms. The molecule has 1 heterocycles. The van der Waals surface area contributed by atoms with Gasteiger partial charge >= 0.3 is 0 Å². The van der Waals surface area contributed by atoms with Crippen molar-refractivity contribution in [2.75, 3.05) is 13.7 Å². The second kappa shape index (κ2) is 2.53. The van der Waals surface area contributed by atoms with Crippen LogP contribution in [0, 0.1) is 17.3 Å². The summed E-state index contributed by atoms with van der Waals surface area (Å²) in [5.74, 6) is 1.73. The van der Waals surface area contributed by atoms with E-state index >= 15 is 0 Å². The van der Waals surface area contributed by atoms with Gasteiger partial charge in [0.2, 0.25) is 0 Å². The van der Waals surface area contributed by atoms with Crippen molar-refractivity contribution >= 4 is 0 Å². The molecule has 4 unspecified atom stereocenters. The van der Waals surface area contributed by atoms with Crippen LogP contribution in [0.4, 0.5) is 0 Å². The molecule has 1 aliphatic heterocycles. The number of epoxide rings is 1. The van der Waals surface area contributed by atoms with Crippen LogP contribution in [0.2, 0.25) is 0 Å². The molecule has 0 N–H and O–H groups in total. The van der Waals surface area contributed by atoms with Crippen molar-refractivity contribution in [3.63, 3.8) is 0 Å². The number of methoxy groups -OCH3 is 1. The minimum Gasteiger partial charge on any atom is -0.385 e. The molecule has 1 saturated heterocycles. The first-order chi connectivity index (χ1) is 6.61. The Morgan fingerprint density at radius 2 is 2.14 bits per heavy atom. The van der Waals surface area contributed by atoms with Crippen LogP contribution in [0.25, 0.3) is 0 Å². The summed E-state index contributed by atoms with van der Waals surface area (Å²) in [7, 11) is 1.78. The molecule has 0 aromatic rings. The van der Waals surface area contributed by atoms with Gasteiger partial charge in [0.25, 0.3) is 0 Å². The minimum atomic E-state index is 0.230. The van der Waals surface area contributed by atoms with Crippen molar-refractivity contribution in [1.29, 1.82) is 0 Å². The largest absolute Gasteiger partial charge is 0.385 e. The zero-order chi connectivity index (χ0) is 9.97. The average molecular weight is 196 g/mol. The third-order valence-corrected chi connectivity index (χ3v) is 5.11. The molecule has 2 heteroatoms. The van der Waals surface area contributed by atoms with Crippen molar-refractivity contribution < 1.29 is 9.47 Å². The standard InChI is InChI=1S/C12H20O2/c1-11(2)8-6-9(11)12(4-5-13-3)10(7-8)14-12/h8-10H,4-7H2,1-3H3. The maximum absolute atomic E-state index is 5.98. The Morgan fingerprint density at radius 3 is 2.79 bits per heavy atom. The Balaban J connectivity index is 1.77. The molecule has 80 valence electrons. The fourth-order valence-corrected chi connectivity index (χ4v) is 3.94. The maximum Gasteiger partial charge on any atom is 0.100 e. The van der Waals surface area contributed by atoms with Gasteiger partial charge in [-0.25, -0.2) is 0 Å². The molecular weight excluding hydrogens is 176 g/mol. The highest BCUT2D eigenvalue weighted by Gasteiger charge is 2.74. The molecule has 2 nitrogen and oxygen atoms in total. The molecule has 3 saturated carbocycles. The fraction of sp³-hybridized carbons (Fsp3) is 1.00. The zero-order valence-electron chi connectivity index (χ0n) is 9.38. The Labute approximate surface area is 86.0 Å². The monoisotopic (exact) mass is 196 g/mol. The lowest BCUT2D eigenvalue weighted by molar-refractivity contribution is -0.0903. The lowest BCUT2D eigenvalue weighted by Crippen LogP contribution is -2.57. The molecule has 0 amide bonds. The number of hydrogen-bond acceptors (Lipinski definition) is 2. The van der Waals surface area contributed by atoms with E-state index in [1.54, 1.807) is 7.11 Å². The molecule has 0 aromatic carbocycles. The van der Waals surface area contributed by atoms with Gasteiger partial charge in [-0.3, -0.25) is 0 Å². The van der Waals surface area contributed by atoms with Crippen LogP contribution in [0.3, 0.4) is 0 Å². The summed E-state index contributed by atoms with van der Waals surface area (Å²) in [5, 5.41) is 0. The minimum absolute atomic E-state index is 0.230. The van der Waals surface area contributed by atoms with Gasteiger partial charge in [0.15, 0.2) is 0 Å². The summed E-state index contributed by atoms with van der Waals surface area (Å²) in [6.45, 7) is 5.68. The van der Waals surface area contributed by atoms with Crippen LogP contribution in [0.1, 0.15) is 33.1 Å². The molecule has 0 radical (unpaired) electrons. The van der Waals surface area contributed by atoms with Crippen molar-refractivity contribution in [3.8, 4) is 0 Å². The first kappa shape index (κ1) is 9.17. The molecule has 0 spiro atoms. The highest BCUT2D eigenvalue weighted by atomic mass is 16.6. The summed E-state index contributed by atoms with van der Waals surface area (Å²) in [4.78, 5) is 0. The normalized spacial score (nSPS) is 52.1. The summed E-state index contributed by atoms with van der Waals surface area (Å²) < 4.78 is 11.2. The van der Waals surface area contributed by atoms with E-state index in [9.17, 15) is 0 Å². The van der Waals surface area contributed by atoms with E-state index < -0.39 is 0 Å². The number of hydrogen-bond donors (Lipinski definition) is 0. The van der Waals surface area contributed by atoms with E-state index in [4.69, 9.17) is 9.47 Å². The first-order valence-corrected chi connectivity index (χ1v) is 5.78. The van der Waals surface area contributed by atoms with E-state index in [0.717, 1.165) is 24.9 Å². The smallest absolute Gasteiger partial charge is 0.100 e. The molecule has 4 aliphatic rings. The molecule has 4 rings (SSSR count). The second-order valence-electron chi connectivity index (χ2n) is 5.85. The summed E-state index contributed by atoms with van der Waals surface area (Å²) in [6.07, 6.45) is 4.38. The molecule has 4 fully saturated rings. The van der Waals surface area contributed by atoms with Gasteiger partial charge in [0.1, 0.15) is 5.60 Å². The van der Waals surface area contributed by atoms with Crippen LogP contribution in [-0.2, 0) is 9.47 Å². The van der Waals surface area contributed by atoms with E-state index in [-0.39, 0.29) is 5.60 Å². The highest BCUT2D eigenvalue weighted by Crippen LogP contribution is 2.71. The average Bonchev–Trinajstić information content (AvgIpc) is 2.88. The van der Waals surface area contributed by atoms with Gasteiger partial charge in [-0.05, 0) is 30.1 Å². The molecule has 3 aliphatic carbocycles. The van der Waals surface area contributed by atoms with Crippen molar-refractivity contribution in [1.82, 2.24) is 0 Å². The fourth-order valence-electron chi connectivity index (χ4n) is 3.94. The van der Waals surface area contributed by atoms with Gasteiger partial charge < -0.3 is 9.47 Å². The van der Waals surface area contributed by atoms with Crippen LogP contribution < -0.4 is 0 Å². The third kappa shape index (κ3) is 0.892. The van der Waals surface area contributed by atoms with E-state index in [2.05, 4.69) is 13.8 Å².